The second-order valence-electron chi connectivity index (χ2n) is 6.37. The van der Waals surface area contributed by atoms with E-state index in [1.54, 1.807) is 18.2 Å². The number of carbonyl (C=O) groups excluding carboxylic acids is 1. The van der Waals surface area contributed by atoms with Crippen LogP contribution in [0, 0.1) is 11.3 Å². The Morgan fingerprint density at radius 1 is 1.00 bits per heavy atom. The molecule has 0 aliphatic carbocycles. The van der Waals surface area contributed by atoms with Crippen molar-refractivity contribution in [2.75, 3.05) is 0 Å². The van der Waals surface area contributed by atoms with E-state index in [4.69, 9.17) is 9.68 Å². The summed E-state index contributed by atoms with van der Waals surface area (Å²) >= 11 is 0. The monoisotopic (exact) mass is 359 g/mol. The van der Waals surface area contributed by atoms with Gasteiger partial charge in [-0.1, -0.05) is 49.2 Å². The number of rotatable bonds is 9. The first-order chi connectivity index (χ1) is 13.3. The zero-order chi connectivity index (χ0) is 18.9. The second-order valence-corrected chi connectivity index (χ2v) is 6.37. The smallest absolute Gasteiger partial charge is 0.263 e. The fraction of sp³-hybridized carbons (Fsp3) is 0.273. The van der Waals surface area contributed by atoms with Gasteiger partial charge in [0.05, 0.1) is 6.20 Å². The van der Waals surface area contributed by atoms with Gasteiger partial charge in [-0.25, -0.2) is 9.97 Å². The van der Waals surface area contributed by atoms with Gasteiger partial charge in [0.2, 0.25) is 5.78 Å². The molecule has 2 aromatic heterocycles. The first-order valence-corrected chi connectivity index (χ1v) is 9.17. The number of ketones is 1. The average molecular weight is 359 g/mol. The van der Waals surface area contributed by atoms with E-state index in [0.717, 1.165) is 32.1 Å². The maximum Gasteiger partial charge on any atom is 0.263 e. The van der Waals surface area contributed by atoms with Gasteiger partial charge in [0, 0.05) is 6.42 Å². The number of carbonyl (C=O) groups is 1. The van der Waals surface area contributed by atoms with E-state index in [2.05, 4.69) is 34.2 Å². The second kappa shape index (κ2) is 9.44. The molecule has 0 radical (unpaired) electrons. The van der Waals surface area contributed by atoms with E-state index >= 15 is 0 Å². The van der Waals surface area contributed by atoms with Gasteiger partial charge in [-0.3, -0.25) is 4.79 Å². The summed E-state index contributed by atoms with van der Waals surface area (Å²) in [6, 6.07) is 17.5. The largest absolute Gasteiger partial charge is 0.432 e. The van der Waals surface area contributed by atoms with Gasteiger partial charge < -0.3 is 4.42 Å². The van der Waals surface area contributed by atoms with E-state index in [9.17, 15) is 4.79 Å². The van der Waals surface area contributed by atoms with Crippen LogP contribution in [-0.2, 0) is 6.42 Å². The highest BCUT2D eigenvalue weighted by molar-refractivity contribution is 5.91. The summed E-state index contributed by atoms with van der Waals surface area (Å²) in [6.07, 6.45) is 7.05. The minimum absolute atomic E-state index is 0.0965. The highest BCUT2D eigenvalue weighted by Gasteiger charge is 2.14. The lowest BCUT2D eigenvalue weighted by molar-refractivity contribution is 0.0946. The molecule has 27 heavy (non-hydrogen) atoms. The standard InChI is InChI=1S/C22H21N3O2/c23-15-18-12-8-13-19(25-18)21-16-24-22(27-21)20(26)14-7-2-1-4-9-17-10-5-3-6-11-17/h3,5-6,8,10-13,16H,1-2,4,7,9,14H2. The third-order valence-corrected chi connectivity index (χ3v) is 4.32. The lowest BCUT2D eigenvalue weighted by Gasteiger charge is -2.01. The van der Waals surface area contributed by atoms with Crippen LogP contribution in [-0.4, -0.2) is 15.8 Å². The Bertz CT molecular complexity index is 926. The summed E-state index contributed by atoms with van der Waals surface area (Å²) in [5.41, 5.74) is 2.16. The third kappa shape index (κ3) is 5.35. The van der Waals surface area contributed by atoms with Crippen LogP contribution in [0.15, 0.2) is 59.1 Å². The number of Topliss-reactive ketones (excluding diaryl/α,β-unsaturated/α-hetero) is 1. The Kier molecular flexibility index (Phi) is 6.48. The number of nitrogens with zero attached hydrogens (tertiary/aromatic N) is 3. The molecule has 1 aromatic carbocycles. The molecule has 0 aliphatic rings. The van der Waals surface area contributed by atoms with Crippen LogP contribution >= 0.6 is 0 Å². The summed E-state index contributed by atoms with van der Waals surface area (Å²) in [4.78, 5) is 20.5. The van der Waals surface area contributed by atoms with Crippen molar-refractivity contribution in [2.24, 2.45) is 0 Å². The lowest BCUT2D eigenvalue weighted by Crippen LogP contribution is -1.99. The number of unbranched alkanes of at least 4 members (excludes halogenated alkanes) is 3. The fourth-order valence-electron chi connectivity index (χ4n) is 2.88. The molecule has 0 saturated carbocycles. The number of benzene rings is 1. The minimum Gasteiger partial charge on any atom is -0.432 e. The Morgan fingerprint density at radius 2 is 1.81 bits per heavy atom. The SMILES string of the molecule is N#Cc1cccc(-c2cnc(C(=O)CCCCCCc3ccccc3)o2)n1. The molecule has 0 fully saturated rings. The zero-order valence-electron chi connectivity index (χ0n) is 15.1. The number of hydrogen-bond donors (Lipinski definition) is 0. The van der Waals surface area contributed by atoms with Gasteiger partial charge in [-0.15, -0.1) is 0 Å². The first-order valence-electron chi connectivity index (χ1n) is 9.17. The van der Waals surface area contributed by atoms with Gasteiger partial charge in [-0.05, 0) is 37.0 Å². The van der Waals surface area contributed by atoms with Crippen molar-refractivity contribution in [3.05, 3.63) is 71.9 Å². The van der Waals surface area contributed by atoms with Gasteiger partial charge in [-0.2, -0.15) is 5.26 Å². The molecular formula is C22H21N3O2. The third-order valence-electron chi connectivity index (χ3n) is 4.32. The van der Waals surface area contributed by atoms with Crippen molar-refractivity contribution >= 4 is 5.78 Å². The topological polar surface area (TPSA) is 79.8 Å². The number of oxazole rings is 1. The molecule has 2 heterocycles. The molecule has 0 aliphatic heterocycles. The minimum atomic E-state index is -0.0965. The van der Waals surface area contributed by atoms with Gasteiger partial charge in [0.25, 0.3) is 5.89 Å². The molecule has 5 heteroatoms. The number of nitriles is 1. The zero-order valence-corrected chi connectivity index (χ0v) is 15.1. The van der Waals surface area contributed by atoms with Crippen molar-refractivity contribution in [2.45, 2.75) is 38.5 Å². The molecule has 3 rings (SSSR count). The van der Waals surface area contributed by atoms with Crippen LogP contribution in [0.2, 0.25) is 0 Å². The Labute approximate surface area is 158 Å². The highest BCUT2D eigenvalue weighted by Crippen LogP contribution is 2.20. The molecular weight excluding hydrogens is 338 g/mol. The van der Waals surface area contributed by atoms with Crippen LogP contribution < -0.4 is 0 Å². The van der Waals surface area contributed by atoms with Crippen LogP contribution in [0.3, 0.4) is 0 Å². The molecule has 0 amide bonds. The Balaban J connectivity index is 1.42. The molecule has 0 saturated heterocycles. The molecule has 0 spiro atoms. The van der Waals surface area contributed by atoms with Crippen molar-refractivity contribution < 1.29 is 9.21 Å². The van der Waals surface area contributed by atoms with Gasteiger partial charge in [0.15, 0.2) is 5.76 Å². The van der Waals surface area contributed by atoms with Crippen molar-refractivity contribution in [3.63, 3.8) is 0 Å². The molecule has 5 nitrogen and oxygen atoms in total. The number of hydrogen-bond acceptors (Lipinski definition) is 5. The maximum atomic E-state index is 12.2. The van der Waals surface area contributed by atoms with Gasteiger partial charge >= 0.3 is 0 Å². The Hall–Kier alpha value is -3.26. The normalized spacial score (nSPS) is 10.5. The molecule has 0 bridgehead atoms. The summed E-state index contributed by atoms with van der Waals surface area (Å²) in [6.45, 7) is 0. The van der Waals surface area contributed by atoms with Crippen LogP contribution in [0.1, 0.15) is 54.0 Å². The maximum absolute atomic E-state index is 12.2. The van der Waals surface area contributed by atoms with Crippen LogP contribution in [0.5, 0.6) is 0 Å². The summed E-state index contributed by atoms with van der Waals surface area (Å²) in [5, 5.41) is 8.91. The summed E-state index contributed by atoms with van der Waals surface area (Å²) < 4.78 is 5.53. The van der Waals surface area contributed by atoms with Gasteiger partial charge in [0.1, 0.15) is 17.5 Å². The predicted molar refractivity (Wildman–Crippen MR) is 102 cm³/mol. The summed E-state index contributed by atoms with van der Waals surface area (Å²) in [7, 11) is 0. The number of pyridine rings is 1. The van der Waals surface area contributed by atoms with Crippen molar-refractivity contribution in [1.29, 1.82) is 5.26 Å². The molecule has 0 N–H and O–H groups in total. The van der Waals surface area contributed by atoms with E-state index in [1.807, 2.05) is 12.1 Å². The average Bonchev–Trinajstić information content (AvgIpc) is 3.22. The summed E-state index contributed by atoms with van der Waals surface area (Å²) in [5.74, 6) is 0.414. The van der Waals surface area contributed by atoms with E-state index < -0.39 is 0 Å². The lowest BCUT2D eigenvalue weighted by atomic mass is 10.0. The Morgan fingerprint density at radius 3 is 2.63 bits per heavy atom. The molecule has 136 valence electrons. The van der Waals surface area contributed by atoms with E-state index in [0.29, 0.717) is 23.6 Å². The number of aromatic nitrogens is 2. The molecule has 0 atom stereocenters. The number of aryl methyl sites for hydroxylation is 1. The van der Waals surface area contributed by atoms with Crippen LogP contribution in [0.4, 0.5) is 0 Å². The van der Waals surface area contributed by atoms with Crippen molar-refractivity contribution in [3.8, 4) is 17.5 Å². The highest BCUT2D eigenvalue weighted by atomic mass is 16.4. The van der Waals surface area contributed by atoms with Crippen LogP contribution in [0.25, 0.3) is 11.5 Å². The van der Waals surface area contributed by atoms with Crippen molar-refractivity contribution in [1.82, 2.24) is 9.97 Å². The first kappa shape index (κ1) is 18.5. The molecule has 0 unspecified atom stereocenters. The van der Waals surface area contributed by atoms with E-state index in [1.165, 1.54) is 11.8 Å². The van der Waals surface area contributed by atoms with E-state index in [-0.39, 0.29) is 11.7 Å². The fourth-order valence-corrected chi connectivity index (χ4v) is 2.88. The quantitative estimate of drug-likeness (QED) is 0.397. The molecule has 3 aromatic rings. The predicted octanol–water partition coefficient (Wildman–Crippen LogP) is 4.98.